The number of ether oxygens (including phenoxy) is 3. The second-order valence-corrected chi connectivity index (χ2v) is 3.73. The maximum absolute atomic E-state index is 9.45. The van der Waals surface area contributed by atoms with Gasteiger partial charge in [0.1, 0.15) is 18.3 Å². The summed E-state index contributed by atoms with van der Waals surface area (Å²) in [5.74, 6) is -0.587. The SMILES string of the molecule is CC1(C)OCC2OCC(O)C2O1. The first-order chi connectivity index (χ1) is 5.58. The second-order valence-electron chi connectivity index (χ2n) is 3.73. The van der Waals surface area contributed by atoms with Crippen molar-refractivity contribution in [3.63, 3.8) is 0 Å². The standard InChI is InChI=1S/C8H14O4/c1-8(2)11-4-6-7(12-8)5(9)3-10-6/h5-7,9H,3-4H2,1-2H3. The van der Waals surface area contributed by atoms with Crippen LogP contribution in [-0.4, -0.2) is 42.4 Å². The van der Waals surface area contributed by atoms with E-state index in [0.717, 1.165) is 0 Å². The van der Waals surface area contributed by atoms with Gasteiger partial charge in [-0.2, -0.15) is 0 Å². The molecule has 0 spiro atoms. The molecule has 70 valence electrons. The normalized spacial score (nSPS) is 45.8. The predicted octanol–water partition coefficient (Wildman–Crippen LogP) is -0.102. The Morgan fingerprint density at radius 2 is 2.08 bits per heavy atom. The number of aliphatic hydroxyl groups is 1. The molecule has 2 rings (SSSR count). The molecule has 0 aromatic rings. The molecule has 12 heavy (non-hydrogen) atoms. The minimum absolute atomic E-state index is 0.0898. The van der Waals surface area contributed by atoms with Crippen LogP contribution >= 0.6 is 0 Å². The van der Waals surface area contributed by atoms with Gasteiger partial charge in [0.05, 0.1) is 13.2 Å². The third-order valence-corrected chi connectivity index (χ3v) is 2.24. The maximum atomic E-state index is 9.45. The first-order valence-corrected chi connectivity index (χ1v) is 4.20. The molecule has 0 saturated carbocycles. The molecule has 4 nitrogen and oxygen atoms in total. The minimum Gasteiger partial charge on any atom is -0.388 e. The van der Waals surface area contributed by atoms with E-state index in [9.17, 15) is 5.11 Å². The molecule has 2 aliphatic heterocycles. The van der Waals surface area contributed by atoms with Crippen LogP contribution in [0.1, 0.15) is 13.8 Å². The van der Waals surface area contributed by atoms with Crippen molar-refractivity contribution in [2.24, 2.45) is 0 Å². The number of fused-ring (bicyclic) bond motifs is 1. The fraction of sp³-hybridized carbons (Fsp3) is 1.00. The minimum atomic E-state index is -0.587. The van der Waals surface area contributed by atoms with E-state index >= 15 is 0 Å². The highest BCUT2D eigenvalue weighted by Crippen LogP contribution is 2.29. The molecule has 3 atom stereocenters. The van der Waals surface area contributed by atoms with Gasteiger partial charge in [0, 0.05) is 0 Å². The van der Waals surface area contributed by atoms with E-state index in [-0.39, 0.29) is 12.2 Å². The molecule has 0 radical (unpaired) electrons. The van der Waals surface area contributed by atoms with E-state index in [0.29, 0.717) is 13.2 Å². The van der Waals surface area contributed by atoms with Gasteiger partial charge in [-0.1, -0.05) is 0 Å². The molecule has 0 aromatic heterocycles. The van der Waals surface area contributed by atoms with Gasteiger partial charge in [-0.3, -0.25) is 0 Å². The van der Waals surface area contributed by atoms with Gasteiger partial charge < -0.3 is 19.3 Å². The van der Waals surface area contributed by atoms with Crippen LogP contribution in [0.4, 0.5) is 0 Å². The molecule has 1 N–H and O–H groups in total. The predicted molar refractivity (Wildman–Crippen MR) is 40.7 cm³/mol. The lowest BCUT2D eigenvalue weighted by molar-refractivity contribution is -0.299. The third-order valence-electron chi connectivity index (χ3n) is 2.24. The van der Waals surface area contributed by atoms with Crippen molar-refractivity contribution in [1.82, 2.24) is 0 Å². The zero-order valence-corrected chi connectivity index (χ0v) is 7.32. The van der Waals surface area contributed by atoms with Crippen molar-refractivity contribution in [3.8, 4) is 0 Å². The van der Waals surface area contributed by atoms with E-state index in [1.165, 1.54) is 0 Å². The highest BCUT2D eigenvalue weighted by Gasteiger charge is 2.45. The average molecular weight is 174 g/mol. The molecule has 4 heteroatoms. The van der Waals surface area contributed by atoms with Crippen molar-refractivity contribution in [1.29, 1.82) is 0 Å². The summed E-state index contributed by atoms with van der Waals surface area (Å²) in [6, 6.07) is 0. The van der Waals surface area contributed by atoms with Gasteiger partial charge in [-0.15, -0.1) is 0 Å². The lowest BCUT2D eigenvalue weighted by atomic mass is 10.1. The van der Waals surface area contributed by atoms with Crippen molar-refractivity contribution in [3.05, 3.63) is 0 Å². The molecule has 0 bridgehead atoms. The van der Waals surface area contributed by atoms with Gasteiger partial charge in [-0.05, 0) is 13.8 Å². The number of hydrogen-bond donors (Lipinski definition) is 1. The third kappa shape index (κ3) is 1.35. The van der Waals surface area contributed by atoms with Gasteiger partial charge in [0.15, 0.2) is 5.79 Å². The smallest absolute Gasteiger partial charge is 0.163 e. The maximum Gasteiger partial charge on any atom is 0.163 e. The van der Waals surface area contributed by atoms with Crippen molar-refractivity contribution in [2.75, 3.05) is 13.2 Å². The van der Waals surface area contributed by atoms with Gasteiger partial charge in [-0.25, -0.2) is 0 Å². The number of rotatable bonds is 0. The summed E-state index contributed by atoms with van der Waals surface area (Å²) in [6.07, 6.45) is -0.806. The van der Waals surface area contributed by atoms with E-state index < -0.39 is 11.9 Å². The van der Waals surface area contributed by atoms with Crippen LogP contribution in [0.5, 0.6) is 0 Å². The lowest BCUT2D eigenvalue weighted by Crippen LogP contribution is -2.49. The summed E-state index contributed by atoms with van der Waals surface area (Å²) < 4.78 is 16.1. The Kier molecular flexibility index (Phi) is 1.88. The number of aliphatic hydroxyl groups excluding tert-OH is 1. The molecule has 0 aromatic carbocycles. The zero-order chi connectivity index (χ0) is 8.77. The molecular formula is C8H14O4. The van der Waals surface area contributed by atoms with Crippen LogP contribution in [-0.2, 0) is 14.2 Å². The molecule has 2 aliphatic rings. The van der Waals surface area contributed by atoms with Crippen LogP contribution in [0.2, 0.25) is 0 Å². The van der Waals surface area contributed by atoms with Crippen LogP contribution in [0.25, 0.3) is 0 Å². The van der Waals surface area contributed by atoms with Crippen molar-refractivity contribution in [2.45, 2.75) is 37.9 Å². The Balaban J connectivity index is 2.07. The van der Waals surface area contributed by atoms with E-state index in [1.807, 2.05) is 13.8 Å². The highest BCUT2D eigenvalue weighted by atomic mass is 16.7. The molecule has 3 unspecified atom stereocenters. The Hall–Kier alpha value is -0.160. The summed E-state index contributed by atoms with van der Waals surface area (Å²) in [4.78, 5) is 0. The Morgan fingerprint density at radius 1 is 1.33 bits per heavy atom. The van der Waals surface area contributed by atoms with Gasteiger partial charge in [0.25, 0.3) is 0 Å². The Labute approximate surface area is 71.4 Å². The van der Waals surface area contributed by atoms with E-state index in [1.54, 1.807) is 0 Å². The molecule has 2 fully saturated rings. The quantitative estimate of drug-likeness (QED) is 0.557. The van der Waals surface area contributed by atoms with E-state index in [4.69, 9.17) is 14.2 Å². The van der Waals surface area contributed by atoms with Gasteiger partial charge >= 0.3 is 0 Å². The van der Waals surface area contributed by atoms with Crippen LogP contribution in [0.3, 0.4) is 0 Å². The number of hydrogen-bond acceptors (Lipinski definition) is 4. The summed E-state index contributed by atoms with van der Waals surface area (Å²) in [7, 11) is 0. The molecule has 0 aliphatic carbocycles. The fourth-order valence-corrected chi connectivity index (χ4v) is 1.60. The monoisotopic (exact) mass is 174 g/mol. The topological polar surface area (TPSA) is 47.9 Å². The van der Waals surface area contributed by atoms with Crippen molar-refractivity contribution < 1.29 is 19.3 Å². The lowest BCUT2D eigenvalue weighted by Gasteiger charge is -2.37. The summed E-state index contributed by atoms with van der Waals surface area (Å²) in [5, 5.41) is 9.45. The average Bonchev–Trinajstić information content (AvgIpc) is 2.31. The van der Waals surface area contributed by atoms with Crippen LogP contribution in [0, 0.1) is 0 Å². The molecule has 0 amide bonds. The Bertz CT molecular complexity index is 180. The first-order valence-electron chi connectivity index (χ1n) is 4.20. The van der Waals surface area contributed by atoms with Gasteiger partial charge in [0.2, 0.25) is 0 Å². The first kappa shape index (κ1) is 8.44. The van der Waals surface area contributed by atoms with Crippen LogP contribution < -0.4 is 0 Å². The van der Waals surface area contributed by atoms with Crippen molar-refractivity contribution >= 4 is 0 Å². The second kappa shape index (κ2) is 2.67. The summed E-state index contributed by atoms with van der Waals surface area (Å²) in [6.45, 7) is 4.55. The Morgan fingerprint density at radius 3 is 2.83 bits per heavy atom. The molecular weight excluding hydrogens is 160 g/mol. The van der Waals surface area contributed by atoms with E-state index in [2.05, 4.69) is 0 Å². The molecule has 2 heterocycles. The summed E-state index contributed by atoms with van der Waals surface area (Å²) >= 11 is 0. The fourth-order valence-electron chi connectivity index (χ4n) is 1.60. The largest absolute Gasteiger partial charge is 0.388 e. The van der Waals surface area contributed by atoms with Crippen LogP contribution in [0.15, 0.2) is 0 Å². The zero-order valence-electron chi connectivity index (χ0n) is 7.32. The summed E-state index contributed by atoms with van der Waals surface area (Å²) in [5.41, 5.74) is 0. The highest BCUT2D eigenvalue weighted by molar-refractivity contribution is 4.88. The molecule has 2 saturated heterocycles.